The number of methoxy groups -OCH3 is 1. The van der Waals surface area contributed by atoms with Crippen molar-refractivity contribution in [3.05, 3.63) is 103 Å². The number of allylic oxidation sites excluding steroid dienone is 2. The fraction of sp³-hybridized carbons (Fsp3) is 0.333. The molecular weight excluding hydrogens is 609 g/mol. The van der Waals surface area contributed by atoms with Crippen molar-refractivity contribution in [1.82, 2.24) is 35.1 Å². The minimum Gasteiger partial charge on any atom is -0.480 e. The number of carbonyl (C=O) groups excluding carboxylic acids is 2. The number of nitrogens with zero attached hydrogens (tertiary/aromatic N) is 4. The largest absolute Gasteiger partial charge is 0.480 e. The zero-order chi connectivity index (χ0) is 31.6. The van der Waals surface area contributed by atoms with Gasteiger partial charge < -0.3 is 25.3 Å². The quantitative estimate of drug-likeness (QED) is 0.316. The van der Waals surface area contributed by atoms with Gasteiger partial charge in [-0.25, -0.2) is 9.78 Å². The van der Waals surface area contributed by atoms with Crippen LogP contribution in [0.25, 0.3) is 5.57 Å². The van der Waals surface area contributed by atoms with E-state index in [-0.39, 0.29) is 29.1 Å². The Bertz CT molecular complexity index is 1790. The summed E-state index contributed by atoms with van der Waals surface area (Å²) in [6, 6.07) is 7.22. The number of carbonyl (C=O) groups is 2. The standard InChI is InChI=1S/C30H31Cl2N7O5/c1-38-16-20(28(42)39(2)29(38)43)26(41)37-30(12-6-8-19(25(30)32)18-7-4-5-9-21(18)31)23-15-34-22(27(36-23)44-3)14-33-17-10-11-24(40)35-13-17/h4-9,12,15-17,25,33H,10-11,13-14H2,1-3H3,(H,35,40)(H,37,41)/t17?,25-,30?/m1/s1. The molecule has 0 saturated carbocycles. The predicted molar refractivity (Wildman–Crippen MR) is 166 cm³/mol. The first-order valence-electron chi connectivity index (χ1n) is 13.8. The van der Waals surface area contributed by atoms with E-state index in [0.717, 1.165) is 9.13 Å². The highest BCUT2D eigenvalue weighted by Gasteiger charge is 2.45. The van der Waals surface area contributed by atoms with E-state index in [1.807, 2.05) is 12.1 Å². The van der Waals surface area contributed by atoms with Gasteiger partial charge in [-0.15, -0.1) is 11.6 Å². The molecule has 5 rings (SSSR count). The zero-order valence-electron chi connectivity index (χ0n) is 24.3. The van der Waals surface area contributed by atoms with Gasteiger partial charge in [0.1, 0.15) is 16.8 Å². The topological polar surface area (TPSA) is 149 Å². The summed E-state index contributed by atoms with van der Waals surface area (Å²) in [4.78, 5) is 59.9. The molecule has 1 fully saturated rings. The molecule has 2 amide bonds. The molecule has 0 bridgehead atoms. The van der Waals surface area contributed by atoms with Gasteiger partial charge in [0.25, 0.3) is 11.5 Å². The second-order valence-electron chi connectivity index (χ2n) is 10.6. The van der Waals surface area contributed by atoms with Gasteiger partial charge in [-0.2, -0.15) is 0 Å². The van der Waals surface area contributed by atoms with Crippen LogP contribution in [0.3, 0.4) is 0 Å². The lowest BCUT2D eigenvalue weighted by Gasteiger charge is -2.38. The number of halogens is 2. The molecule has 2 aromatic heterocycles. The molecule has 3 heterocycles. The van der Waals surface area contributed by atoms with Crippen LogP contribution in [0.15, 0.2) is 64.5 Å². The van der Waals surface area contributed by atoms with Crippen molar-refractivity contribution in [1.29, 1.82) is 0 Å². The van der Waals surface area contributed by atoms with Crippen LogP contribution in [0, 0.1) is 0 Å². The second-order valence-corrected chi connectivity index (χ2v) is 11.4. The van der Waals surface area contributed by atoms with Crippen molar-refractivity contribution < 1.29 is 14.3 Å². The summed E-state index contributed by atoms with van der Waals surface area (Å²) < 4.78 is 7.61. The van der Waals surface area contributed by atoms with Crippen molar-refractivity contribution in [2.24, 2.45) is 14.1 Å². The Morgan fingerprint density at radius 3 is 2.70 bits per heavy atom. The minimum atomic E-state index is -1.53. The first-order chi connectivity index (χ1) is 21.1. The summed E-state index contributed by atoms with van der Waals surface area (Å²) in [6.45, 7) is 0.817. The number of aryl methyl sites for hydroxylation is 1. The van der Waals surface area contributed by atoms with Crippen LogP contribution in [0.2, 0.25) is 5.02 Å². The van der Waals surface area contributed by atoms with Crippen molar-refractivity contribution in [2.45, 2.75) is 36.3 Å². The van der Waals surface area contributed by atoms with Gasteiger partial charge in [0.2, 0.25) is 11.8 Å². The maximum absolute atomic E-state index is 13.8. The lowest BCUT2D eigenvalue weighted by atomic mass is 9.80. The number of rotatable bonds is 8. The Hall–Kier alpha value is -4.26. The zero-order valence-corrected chi connectivity index (χ0v) is 25.8. The van der Waals surface area contributed by atoms with Crippen molar-refractivity contribution in [3.8, 4) is 5.88 Å². The lowest BCUT2D eigenvalue weighted by Crippen LogP contribution is -2.54. The molecule has 14 heteroatoms. The highest BCUT2D eigenvalue weighted by molar-refractivity contribution is 6.34. The van der Waals surface area contributed by atoms with E-state index in [1.54, 1.807) is 30.4 Å². The fourth-order valence-electron chi connectivity index (χ4n) is 5.27. The number of amides is 2. The molecular formula is C30H31Cl2N7O5. The number of nitrogens with one attached hydrogen (secondary N) is 3. The van der Waals surface area contributed by atoms with E-state index in [9.17, 15) is 19.2 Å². The summed E-state index contributed by atoms with van der Waals surface area (Å²) in [5, 5.41) is 8.61. The van der Waals surface area contributed by atoms with Crippen molar-refractivity contribution >= 4 is 40.6 Å². The summed E-state index contributed by atoms with van der Waals surface area (Å²) in [6.07, 6.45) is 8.99. The molecule has 1 aliphatic carbocycles. The average Bonchev–Trinajstić information content (AvgIpc) is 3.02. The first-order valence-corrected chi connectivity index (χ1v) is 14.6. The van der Waals surface area contributed by atoms with Crippen LogP contribution in [-0.2, 0) is 31.0 Å². The smallest absolute Gasteiger partial charge is 0.330 e. The monoisotopic (exact) mass is 639 g/mol. The summed E-state index contributed by atoms with van der Waals surface area (Å²) in [5.41, 5.74) is -1.14. The summed E-state index contributed by atoms with van der Waals surface area (Å²) >= 11 is 13.8. The molecule has 1 saturated heterocycles. The molecule has 3 N–H and O–H groups in total. The van der Waals surface area contributed by atoms with Crippen LogP contribution in [-0.4, -0.2) is 56.0 Å². The third-order valence-electron chi connectivity index (χ3n) is 7.76. The van der Waals surface area contributed by atoms with E-state index < -0.39 is 28.1 Å². The maximum Gasteiger partial charge on any atom is 0.330 e. The van der Waals surface area contributed by atoms with Gasteiger partial charge in [0, 0.05) is 50.9 Å². The SMILES string of the molecule is COc1nc(C2(NC(=O)c3cn(C)c(=O)n(C)c3=O)C=CC=C(c3ccccc3Cl)[C@H]2Cl)cnc1CNC1CCC(=O)NC1. The normalized spacial score (nSPS) is 21.4. The third kappa shape index (κ3) is 5.92. The summed E-state index contributed by atoms with van der Waals surface area (Å²) in [5.74, 6) is -0.551. The Balaban J connectivity index is 1.56. The Labute approximate surface area is 262 Å². The average molecular weight is 641 g/mol. The van der Waals surface area contributed by atoms with Crippen molar-refractivity contribution in [3.63, 3.8) is 0 Å². The van der Waals surface area contributed by atoms with Gasteiger partial charge in [-0.3, -0.25) is 23.9 Å². The molecule has 2 aliphatic rings. The molecule has 0 spiro atoms. The van der Waals surface area contributed by atoms with Gasteiger partial charge in [-0.05, 0) is 23.6 Å². The van der Waals surface area contributed by atoms with E-state index in [4.69, 9.17) is 32.9 Å². The van der Waals surface area contributed by atoms with E-state index >= 15 is 0 Å². The van der Waals surface area contributed by atoms with Crippen LogP contribution >= 0.6 is 23.2 Å². The predicted octanol–water partition coefficient (Wildman–Crippen LogP) is 1.79. The van der Waals surface area contributed by atoms with Gasteiger partial charge in [0.15, 0.2) is 0 Å². The number of piperidine rings is 1. The van der Waals surface area contributed by atoms with Crippen LogP contribution in [0.5, 0.6) is 5.88 Å². The number of hydrogen-bond acceptors (Lipinski definition) is 8. The Morgan fingerprint density at radius 2 is 2.00 bits per heavy atom. The molecule has 44 heavy (non-hydrogen) atoms. The minimum absolute atomic E-state index is 0.0223. The van der Waals surface area contributed by atoms with E-state index in [0.29, 0.717) is 47.8 Å². The Kier molecular flexibility index (Phi) is 9.05. The molecule has 2 unspecified atom stereocenters. The van der Waals surface area contributed by atoms with Gasteiger partial charge in [-0.1, -0.05) is 48.0 Å². The highest BCUT2D eigenvalue weighted by atomic mass is 35.5. The summed E-state index contributed by atoms with van der Waals surface area (Å²) in [7, 11) is 4.20. The number of hydrogen-bond donors (Lipinski definition) is 3. The number of ether oxygens (including phenoxy) is 1. The number of benzene rings is 1. The molecule has 1 aromatic carbocycles. The molecule has 230 valence electrons. The second kappa shape index (κ2) is 12.8. The third-order valence-corrected chi connectivity index (χ3v) is 8.67. The van der Waals surface area contributed by atoms with E-state index in [2.05, 4.69) is 20.9 Å². The molecule has 1 aliphatic heterocycles. The molecule has 3 atom stereocenters. The van der Waals surface area contributed by atoms with Crippen LogP contribution in [0.1, 0.15) is 40.2 Å². The van der Waals surface area contributed by atoms with Crippen LogP contribution in [0.4, 0.5) is 0 Å². The van der Waals surface area contributed by atoms with Gasteiger partial charge in [0.05, 0.1) is 24.4 Å². The number of aromatic nitrogens is 4. The van der Waals surface area contributed by atoms with Crippen LogP contribution < -0.4 is 31.9 Å². The first kappa shape index (κ1) is 31.2. The molecule has 12 nitrogen and oxygen atoms in total. The van der Waals surface area contributed by atoms with E-state index in [1.165, 1.54) is 33.6 Å². The van der Waals surface area contributed by atoms with Gasteiger partial charge >= 0.3 is 5.69 Å². The molecule has 0 radical (unpaired) electrons. The lowest BCUT2D eigenvalue weighted by molar-refractivity contribution is -0.122. The Morgan fingerprint density at radius 1 is 1.23 bits per heavy atom. The fourth-order valence-corrected chi connectivity index (χ4v) is 5.95. The highest BCUT2D eigenvalue weighted by Crippen LogP contribution is 2.42. The van der Waals surface area contributed by atoms with Crippen molar-refractivity contribution in [2.75, 3.05) is 13.7 Å². The number of alkyl halides is 1. The molecule has 3 aromatic rings. The maximum atomic E-state index is 13.8.